The maximum atomic E-state index is 12.0. The molecule has 0 aliphatic carbocycles. The minimum atomic E-state index is -3.67. The molecule has 2 aromatic heterocycles. The molecule has 0 saturated carbocycles. The second-order valence-corrected chi connectivity index (χ2v) is 5.70. The van der Waals surface area contributed by atoms with Gasteiger partial charge in [0, 0.05) is 13.6 Å². The lowest BCUT2D eigenvalue weighted by Crippen LogP contribution is -2.24. The van der Waals surface area contributed by atoms with Crippen molar-refractivity contribution in [2.45, 2.75) is 18.4 Å². The third-order valence-electron chi connectivity index (χ3n) is 2.34. The van der Waals surface area contributed by atoms with Crippen molar-refractivity contribution in [2.75, 3.05) is 11.9 Å². The fourth-order valence-corrected chi connectivity index (χ4v) is 2.28. The fraction of sp³-hybridized carbons (Fsp3) is 0.400. The van der Waals surface area contributed by atoms with Crippen LogP contribution in [0.15, 0.2) is 23.6 Å². The van der Waals surface area contributed by atoms with Gasteiger partial charge in [-0.2, -0.15) is 5.10 Å². The lowest BCUT2D eigenvalue weighted by atomic mass is 10.6. The SMILES string of the molecule is CCNc1ncc(S(=O)(=O)NCc2ncn(C)n2)cn1. The molecule has 0 spiro atoms. The molecule has 0 atom stereocenters. The normalized spacial score (nSPS) is 11.5. The standard InChI is InChI=1S/C10H15N7O2S/c1-3-11-10-12-4-8(5-13-10)20(18,19)15-6-9-14-7-17(2)16-9/h4-5,7,15H,3,6H2,1-2H3,(H,11,12,13). The summed E-state index contributed by atoms with van der Waals surface area (Å²) in [7, 11) is -1.97. The molecule has 9 nitrogen and oxygen atoms in total. The number of hydrogen-bond donors (Lipinski definition) is 2. The van der Waals surface area contributed by atoms with Crippen LogP contribution in [0.4, 0.5) is 5.95 Å². The van der Waals surface area contributed by atoms with Gasteiger partial charge in [0.25, 0.3) is 0 Å². The molecular formula is C10H15N7O2S. The highest BCUT2D eigenvalue weighted by atomic mass is 32.2. The molecule has 10 heteroatoms. The Morgan fingerprint density at radius 1 is 1.25 bits per heavy atom. The van der Waals surface area contributed by atoms with E-state index in [0.717, 1.165) is 0 Å². The van der Waals surface area contributed by atoms with Crippen LogP contribution in [0.5, 0.6) is 0 Å². The van der Waals surface area contributed by atoms with Gasteiger partial charge < -0.3 is 5.32 Å². The number of hydrogen-bond acceptors (Lipinski definition) is 7. The van der Waals surface area contributed by atoms with Gasteiger partial charge in [-0.3, -0.25) is 4.68 Å². The van der Waals surface area contributed by atoms with Gasteiger partial charge in [0.2, 0.25) is 16.0 Å². The summed E-state index contributed by atoms with van der Waals surface area (Å²) in [5, 5.41) is 6.87. The Hall–Kier alpha value is -2.07. The van der Waals surface area contributed by atoms with Crippen molar-refractivity contribution in [1.29, 1.82) is 0 Å². The van der Waals surface area contributed by atoms with Gasteiger partial charge in [0.15, 0.2) is 5.82 Å². The summed E-state index contributed by atoms with van der Waals surface area (Å²) in [5.74, 6) is 0.777. The maximum Gasteiger partial charge on any atom is 0.244 e. The van der Waals surface area contributed by atoms with Gasteiger partial charge >= 0.3 is 0 Å². The van der Waals surface area contributed by atoms with Gasteiger partial charge in [-0.15, -0.1) is 0 Å². The Labute approximate surface area is 116 Å². The molecular weight excluding hydrogens is 282 g/mol. The van der Waals surface area contributed by atoms with Crippen LogP contribution in [0.1, 0.15) is 12.7 Å². The summed E-state index contributed by atoms with van der Waals surface area (Å²) in [6, 6.07) is 0. The van der Waals surface area contributed by atoms with E-state index in [1.54, 1.807) is 7.05 Å². The minimum absolute atomic E-state index is 0.00455. The topological polar surface area (TPSA) is 115 Å². The van der Waals surface area contributed by atoms with Crippen molar-refractivity contribution in [3.8, 4) is 0 Å². The lowest BCUT2D eigenvalue weighted by Gasteiger charge is -2.05. The first kappa shape index (κ1) is 14.3. The van der Waals surface area contributed by atoms with Crippen LogP contribution in [0, 0.1) is 0 Å². The van der Waals surface area contributed by atoms with Gasteiger partial charge in [-0.1, -0.05) is 0 Å². The number of nitrogens with one attached hydrogen (secondary N) is 2. The molecule has 0 aromatic carbocycles. The summed E-state index contributed by atoms with van der Waals surface area (Å²) in [4.78, 5) is 11.8. The summed E-state index contributed by atoms with van der Waals surface area (Å²) < 4.78 is 27.9. The predicted octanol–water partition coefficient (Wildman–Crippen LogP) is -0.485. The van der Waals surface area contributed by atoms with Crippen LogP contribution in [0.3, 0.4) is 0 Å². The van der Waals surface area contributed by atoms with Gasteiger partial charge in [-0.25, -0.2) is 28.1 Å². The Morgan fingerprint density at radius 3 is 2.50 bits per heavy atom. The molecule has 2 rings (SSSR count). The van der Waals surface area contributed by atoms with Crippen molar-refractivity contribution in [2.24, 2.45) is 7.05 Å². The van der Waals surface area contributed by atoms with Crippen LogP contribution in [-0.4, -0.2) is 39.7 Å². The molecule has 2 aromatic rings. The first-order valence-corrected chi connectivity index (χ1v) is 7.39. The average Bonchev–Trinajstić information content (AvgIpc) is 2.84. The van der Waals surface area contributed by atoms with E-state index in [0.29, 0.717) is 18.3 Å². The van der Waals surface area contributed by atoms with E-state index in [2.05, 4.69) is 30.1 Å². The van der Waals surface area contributed by atoms with E-state index in [9.17, 15) is 8.42 Å². The largest absolute Gasteiger partial charge is 0.355 e. The number of anilines is 1. The second-order valence-electron chi connectivity index (χ2n) is 3.93. The third-order valence-corrected chi connectivity index (χ3v) is 3.70. The van der Waals surface area contributed by atoms with Gasteiger partial charge in [0.05, 0.1) is 18.9 Å². The molecule has 2 heterocycles. The molecule has 0 unspecified atom stereocenters. The molecule has 0 fully saturated rings. The number of aromatic nitrogens is 5. The van der Waals surface area contributed by atoms with Crippen LogP contribution in [0.2, 0.25) is 0 Å². The highest BCUT2D eigenvalue weighted by Crippen LogP contribution is 2.07. The van der Waals surface area contributed by atoms with E-state index in [-0.39, 0.29) is 11.4 Å². The van der Waals surface area contributed by atoms with E-state index in [1.807, 2.05) is 6.92 Å². The molecule has 0 aliphatic rings. The van der Waals surface area contributed by atoms with Crippen LogP contribution in [-0.2, 0) is 23.6 Å². The Balaban J connectivity index is 2.05. The lowest BCUT2D eigenvalue weighted by molar-refractivity contribution is 0.577. The number of aryl methyl sites for hydroxylation is 1. The van der Waals surface area contributed by atoms with Crippen molar-refractivity contribution >= 4 is 16.0 Å². The second kappa shape index (κ2) is 5.92. The predicted molar refractivity (Wildman–Crippen MR) is 71.2 cm³/mol. The summed E-state index contributed by atoms with van der Waals surface area (Å²) >= 11 is 0. The molecule has 0 amide bonds. The zero-order valence-corrected chi connectivity index (χ0v) is 11.9. The van der Waals surface area contributed by atoms with Crippen LogP contribution < -0.4 is 10.0 Å². The molecule has 20 heavy (non-hydrogen) atoms. The summed E-state index contributed by atoms with van der Waals surface area (Å²) in [6.45, 7) is 2.57. The molecule has 108 valence electrons. The van der Waals surface area contributed by atoms with Crippen molar-refractivity contribution in [1.82, 2.24) is 29.5 Å². The third kappa shape index (κ3) is 3.48. The number of sulfonamides is 1. The first-order valence-electron chi connectivity index (χ1n) is 5.91. The highest BCUT2D eigenvalue weighted by Gasteiger charge is 2.15. The number of nitrogens with zero attached hydrogens (tertiary/aromatic N) is 5. The molecule has 0 radical (unpaired) electrons. The van der Waals surface area contributed by atoms with Gasteiger partial charge in [-0.05, 0) is 6.92 Å². The smallest absolute Gasteiger partial charge is 0.244 e. The molecule has 0 aliphatic heterocycles. The van der Waals surface area contributed by atoms with E-state index < -0.39 is 10.0 Å². The molecule has 0 bridgehead atoms. The summed E-state index contributed by atoms with van der Waals surface area (Å²) in [5.41, 5.74) is 0. The zero-order chi connectivity index (χ0) is 14.6. The number of rotatable bonds is 6. The van der Waals surface area contributed by atoms with Crippen molar-refractivity contribution in [3.63, 3.8) is 0 Å². The Morgan fingerprint density at radius 2 is 1.95 bits per heavy atom. The maximum absolute atomic E-state index is 12.0. The Kier molecular flexibility index (Phi) is 4.25. The quantitative estimate of drug-likeness (QED) is 0.739. The monoisotopic (exact) mass is 297 g/mol. The minimum Gasteiger partial charge on any atom is -0.355 e. The van der Waals surface area contributed by atoms with Crippen molar-refractivity contribution < 1.29 is 8.42 Å². The van der Waals surface area contributed by atoms with E-state index in [1.165, 1.54) is 23.4 Å². The van der Waals surface area contributed by atoms with Crippen LogP contribution >= 0.6 is 0 Å². The average molecular weight is 297 g/mol. The first-order chi connectivity index (χ1) is 9.51. The summed E-state index contributed by atoms with van der Waals surface area (Å²) in [6.07, 6.45) is 4.00. The molecule has 2 N–H and O–H groups in total. The zero-order valence-electron chi connectivity index (χ0n) is 11.1. The van der Waals surface area contributed by atoms with Crippen LogP contribution in [0.25, 0.3) is 0 Å². The Bertz CT molecular complexity index is 665. The van der Waals surface area contributed by atoms with E-state index >= 15 is 0 Å². The highest BCUT2D eigenvalue weighted by molar-refractivity contribution is 7.89. The fourth-order valence-electron chi connectivity index (χ4n) is 1.41. The van der Waals surface area contributed by atoms with E-state index in [4.69, 9.17) is 0 Å². The van der Waals surface area contributed by atoms with Gasteiger partial charge in [0.1, 0.15) is 11.2 Å². The van der Waals surface area contributed by atoms with Crippen molar-refractivity contribution in [3.05, 3.63) is 24.5 Å². The molecule has 0 saturated heterocycles.